The lowest BCUT2D eigenvalue weighted by molar-refractivity contribution is 0.0774. The van der Waals surface area contributed by atoms with Crippen molar-refractivity contribution in [3.8, 4) is 0 Å². The smallest absolute Gasteiger partial charge is 0.139 e. The van der Waals surface area contributed by atoms with Gasteiger partial charge in [0.05, 0.1) is 5.69 Å². The molecule has 0 aliphatic heterocycles. The first-order chi connectivity index (χ1) is 7.56. The molecule has 0 aromatic carbocycles. The van der Waals surface area contributed by atoms with Crippen molar-refractivity contribution in [3.05, 3.63) is 17.0 Å². The van der Waals surface area contributed by atoms with Gasteiger partial charge in [0.1, 0.15) is 6.73 Å². The lowest BCUT2D eigenvalue weighted by Gasteiger charge is -2.09. The number of hydrogen-bond donors (Lipinski definition) is 1. The zero-order valence-corrected chi connectivity index (χ0v) is 11.0. The van der Waals surface area contributed by atoms with Crippen molar-refractivity contribution in [1.82, 2.24) is 15.1 Å². The molecule has 0 unspecified atom stereocenters. The first kappa shape index (κ1) is 13.2. The largest absolute Gasteiger partial charge is 0.360 e. The normalized spacial score (nSPS) is 11.4. The van der Waals surface area contributed by atoms with Crippen LogP contribution in [-0.4, -0.2) is 22.4 Å². The Balaban J connectivity index is 2.72. The molecule has 0 spiro atoms. The Morgan fingerprint density at radius 1 is 1.38 bits per heavy atom. The van der Waals surface area contributed by atoms with Crippen LogP contribution in [0.3, 0.4) is 0 Å². The highest BCUT2D eigenvalue weighted by molar-refractivity contribution is 5.24. The third kappa shape index (κ3) is 3.32. The molecule has 4 heteroatoms. The summed E-state index contributed by atoms with van der Waals surface area (Å²) in [6.45, 7) is 12.6. The second-order valence-electron chi connectivity index (χ2n) is 4.31. The van der Waals surface area contributed by atoms with Crippen LogP contribution < -0.4 is 5.32 Å². The first-order valence-corrected chi connectivity index (χ1v) is 5.90. The van der Waals surface area contributed by atoms with Gasteiger partial charge in [-0.2, -0.15) is 5.10 Å². The molecule has 0 saturated heterocycles. The van der Waals surface area contributed by atoms with E-state index in [1.54, 1.807) is 0 Å². The van der Waals surface area contributed by atoms with E-state index in [1.165, 1.54) is 11.3 Å². The number of ether oxygens (including phenoxy) is 1. The van der Waals surface area contributed by atoms with Crippen molar-refractivity contribution in [3.63, 3.8) is 0 Å². The fourth-order valence-corrected chi connectivity index (χ4v) is 1.60. The monoisotopic (exact) mass is 225 g/mol. The molecule has 1 rings (SSSR count). The van der Waals surface area contributed by atoms with Crippen LogP contribution >= 0.6 is 0 Å². The maximum atomic E-state index is 5.37. The number of rotatable bonds is 6. The number of nitrogens with zero attached hydrogens (tertiary/aromatic N) is 2. The van der Waals surface area contributed by atoms with E-state index in [0.717, 1.165) is 18.8 Å². The Hall–Kier alpha value is -0.870. The molecule has 0 fully saturated rings. The predicted molar refractivity (Wildman–Crippen MR) is 65.3 cm³/mol. The van der Waals surface area contributed by atoms with Crippen LogP contribution in [0.4, 0.5) is 0 Å². The summed E-state index contributed by atoms with van der Waals surface area (Å²) in [5, 5.41) is 7.90. The molecular formula is C12H23N3O. The Morgan fingerprint density at radius 3 is 2.62 bits per heavy atom. The van der Waals surface area contributed by atoms with Gasteiger partial charge in [0.25, 0.3) is 0 Å². The van der Waals surface area contributed by atoms with Crippen LogP contribution in [0.5, 0.6) is 0 Å². The van der Waals surface area contributed by atoms with Crippen molar-refractivity contribution >= 4 is 0 Å². The number of aryl methyl sites for hydroxylation is 1. The van der Waals surface area contributed by atoms with E-state index in [2.05, 4.69) is 31.2 Å². The van der Waals surface area contributed by atoms with E-state index in [1.807, 2.05) is 18.5 Å². The lowest BCUT2D eigenvalue weighted by atomic mass is 10.2. The SMILES string of the molecule is CCOCn1nc(C)c(CNC(C)C)c1C. The average Bonchev–Trinajstić information content (AvgIpc) is 2.48. The standard InChI is InChI=1S/C12H23N3O/c1-6-16-8-15-11(5)12(10(4)14-15)7-13-9(2)3/h9,13H,6-8H2,1-5H3. The summed E-state index contributed by atoms with van der Waals surface area (Å²) in [7, 11) is 0. The Morgan fingerprint density at radius 2 is 2.06 bits per heavy atom. The van der Waals surface area contributed by atoms with Crippen molar-refractivity contribution < 1.29 is 4.74 Å². The Kier molecular flexibility index (Phi) is 4.96. The summed E-state index contributed by atoms with van der Waals surface area (Å²) in [4.78, 5) is 0. The lowest BCUT2D eigenvalue weighted by Crippen LogP contribution is -2.22. The van der Waals surface area contributed by atoms with Crippen LogP contribution in [0.25, 0.3) is 0 Å². The third-order valence-corrected chi connectivity index (χ3v) is 2.64. The first-order valence-electron chi connectivity index (χ1n) is 5.90. The van der Waals surface area contributed by atoms with Gasteiger partial charge in [-0.25, -0.2) is 4.68 Å². The van der Waals surface area contributed by atoms with E-state index < -0.39 is 0 Å². The van der Waals surface area contributed by atoms with Crippen LogP contribution in [0.15, 0.2) is 0 Å². The summed E-state index contributed by atoms with van der Waals surface area (Å²) in [5.41, 5.74) is 3.57. The van der Waals surface area contributed by atoms with Gasteiger partial charge in [0.15, 0.2) is 0 Å². The molecule has 1 N–H and O–H groups in total. The predicted octanol–water partition coefficient (Wildman–Crippen LogP) is 1.99. The summed E-state index contributed by atoms with van der Waals surface area (Å²) in [6, 6.07) is 0.494. The number of nitrogens with one attached hydrogen (secondary N) is 1. The van der Waals surface area contributed by atoms with Gasteiger partial charge in [0, 0.05) is 30.5 Å². The van der Waals surface area contributed by atoms with Crippen LogP contribution in [0.2, 0.25) is 0 Å². The van der Waals surface area contributed by atoms with Crippen LogP contribution in [0.1, 0.15) is 37.7 Å². The Labute approximate surface area is 98.0 Å². The maximum absolute atomic E-state index is 5.37. The minimum Gasteiger partial charge on any atom is -0.360 e. The van der Waals surface area contributed by atoms with Gasteiger partial charge < -0.3 is 10.1 Å². The second kappa shape index (κ2) is 6.01. The highest BCUT2D eigenvalue weighted by atomic mass is 16.5. The molecule has 0 radical (unpaired) electrons. The summed E-state index contributed by atoms with van der Waals surface area (Å²) < 4.78 is 7.30. The minimum absolute atomic E-state index is 0.494. The molecule has 0 amide bonds. The van der Waals surface area contributed by atoms with E-state index in [4.69, 9.17) is 4.74 Å². The molecule has 0 aliphatic carbocycles. The minimum atomic E-state index is 0.494. The highest BCUT2D eigenvalue weighted by Crippen LogP contribution is 2.13. The fraction of sp³-hybridized carbons (Fsp3) is 0.750. The molecule has 0 aliphatic rings. The quantitative estimate of drug-likeness (QED) is 0.804. The number of aromatic nitrogens is 2. The highest BCUT2D eigenvalue weighted by Gasteiger charge is 2.11. The van der Waals surface area contributed by atoms with Crippen LogP contribution in [0, 0.1) is 13.8 Å². The van der Waals surface area contributed by atoms with E-state index in [9.17, 15) is 0 Å². The van der Waals surface area contributed by atoms with Gasteiger partial charge in [-0.3, -0.25) is 0 Å². The van der Waals surface area contributed by atoms with Crippen molar-refractivity contribution in [2.75, 3.05) is 6.61 Å². The molecule has 4 nitrogen and oxygen atoms in total. The molecule has 0 atom stereocenters. The molecule has 1 aromatic heterocycles. The molecule has 0 saturated carbocycles. The fourth-order valence-electron chi connectivity index (χ4n) is 1.60. The van der Waals surface area contributed by atoms with E-state index in [-0.39, 0.29) is 0 Å². The van der Waals surface area contributed by atoms with Gasteiger partial charge in [0.2, 0.25) is 0 Å². The number of hydrogen-bond acceptors (Lipinski definition) is 3. The third-order valence-electron chi connectivity index (χ3n) is 2.64. The molecule has 16 heavy (non-hydrogen) atoms. The zero-order chi connectivity index (χ0) is 12.1. The topological polar surface area (TPSA) is 39.1 Å². The van der Waals surface area contributed by atoms with E-state index in [0.29, 0.717) is 12.8 Å². The van der Waals surface area contributed by atoms with Gasteiger partial charge in [-0.1, -0.05) is 13.8 Å². The molecule has 1 aromatic rings. The molecule has 92 valence electrons. The van der Waals surface area contributed by atoms with Gasteiger partial charge in [-0.05, 0) is 20.8 Å². The molecule has 1 heterocycles. The molecule has 0 bridgehead atoms. The van der Waals surface area contributed by atoms with Gasteiger partial charge in [-0.15, -0.1) is 0 Å². The van der Waals surface area contributed by atoms with Crippen molar-refractivity contribution in [2.45, 2.75) is 53.9 Å². The summed E-state index contributed by atoms with van der Waals surface area (Å²) in [5.74, 6) is 0. The maximum Gasteiger partial charge on any atom is 0.139 e. The van der Waals surface area contributed by atoms with Crippen molar-refractivity contribution in [2.24, 2.45) is 0 Å². The van der Waals surface area contributed by atoms with Crippen molar-refractivity contribution in [1.29, 1.82) is 0 Å². The zero-order valence-electron chi connectivity index (χ0n) is 11.0. The van der Waals surface area contributed by atoms with Crippen LogP contribution in [-0.2, 0) is 18.0 Å². The van der Waals surface area contributed by atoms with Gasteiger partial charge >= 0.3 is 0 Å². The average molecular weight is 225 g/mol. The second-order valence-corrected chi connectivity index (χ2v) is 4.31. The Bertz CT molecular complexity index is 331. The van der Waals surface area contributed by atoms with E-state index >= 15 is 0 Å². The summed E-state index contributed by atoms with van der Waals surface area (Å²) in [6.07, 6.45) is 0. The summed E-state index contributed by atoms with van der Waals surface area (Å²) >= 11 is 0. The molecular weight excluding hydrogens is 202 g/mol.